The van der Waals surface area contributed by atoms with Gasteiger partial charge in [-0.15, -0.1) is 0 Å². The second kappa shape index (κ2) is 5.84. The molecule has 0 saturated heterocycles. The Morgan fingerprint density at radius 2 is 1.96 bits per heavy atom. The minimum absolute atomic E-state index is 0.0426. The molecule has 3 aliphatic carbocycles. The molecule has 4 heteroatoms. The average Bonchev–Trinajstić information content (AvgIpc) is 2.53. The van der Waals surface area contributed by atoms with Gasteiger partial charge >= 0.3 is 5.97 Å². The van der Waals surface area contributed by atoms with Crippen LogP contribution < -0.4 is 0 Å². The third-order valence-electron chi connectivity index (χ3n) is 7.85. The normalized spacial score (nSPS) is 46.5. The van der Waals surface area contributed by atoms with Crippen LogP contribution in [0.1, 0.15) is 65.7 Å². The van der Waals surface area contributed by atoms with Crippen molar-refractivity contribution in [2.24, 2.45) is 28.1 Å². The molecule has 6 unspecified atom stereocenters. The number of aliphatic hydroxyl groups is 2. The van der Waals surface area contributed by atoms with Gasteiger partial charge in [-0.05, 0) is 62.7 Å². The number of aliphatic hydroxyl groups excluding tert-OH is 2. The lowest BCUT2D eigenvalue weighted by Crippen LogP contribution is -2.54. The minimum atomic E-state index is -0.716. The fourth-order valence-corrected chi connectivity index (χ4v) is 6.25. The van der Waals surface area contributed by atoms with Crippen molar-refractivity contribution >= 4 is 5.97 Å². The molecular formula is C20H32O4. The molecule has 0 amide bonds. The molecule has 0 radical (unpaired) electrons. The number of rotatable bonds is 3. The van der Waals surface area contributed by atoms with Crippen molar-refractivity contribution in [1.82, 2.24) is 0 Å². The molecule has 2 fully saturated rings. The molecule has 0 aliphatic heterocycles. The summed E-state index contributed by atoms with van der Waals surface area (Å²) in [6, 6.07) is 0. The zero-order valence-corrected chi connectivity index (χ0v) is 15.2. The smallest absolute Gasteiger partial charge is 0.309 e. The number of aliphatic carboxylic acids is 1. The van der Waals surface area contributed by atoms with Crippen molar-refractivity contribution in [3.63, 3.8) is 0 Å². The van der Waals surface area contributed by atoms with E-state index >= 15 is 0 Å². The maximum atomic E-state index is 12.0. The van der Waals surface area contributed by atoms with E-state index < -0.39 is 17.5 Å². The number of carboxylic acids is 1. The van der Waals surface area contributed by atoms with E-state index in [-0.39, 0.29) is 23.4 Å². The van der Waals surface area contributed by atoms with Crippen LogP contribution in [0.4, 0.5) is 0 Å². The molecule has 4 nitrogen and oxygen atoms in total. The molecule has 3 aliphatic rings. The Morgan fingerprint density at radius 1 is 1.25 bits per heavy atom. The fourth-order valence-electron chi connectivity index (χ4n) is 6.25. The standard InChI is InChI=1S/C20H32O4/c1-18(16(22)12-21)10-7-14-13(11-18)5-6-15-19(14,2)8-4-9-20(15,3)17(23)24/h11,14-16,21-22H,4-10,12H2,1-3H3,(H,23,24). The van der Waals surface area contributed by atoms with Crippen LogP contribution in [-0.4, -0.2) is 34.0 Å². The molecule has 6 atom stereocenters. The van der Waals surface area contributed by atoms with Crippen LogP contribution >= 0.6 is 0 Å². The van der Waals surface area contributed by atoms with Crippen LogP contribution in [0.25, 0.3) is 0 Å². The van der Waals surface area contributed by atoms with Gasteiger partial charge in [0.05, 0.1) is 18.1 Å². The quantitative estimate of drug-likeness (QED) is 0.691. The van der Waals surface area contributed by atoms with Crippen molar-refractivity contribution in [3.05, 3.63) is 11.6 Å². The van der Waals surface area contributed by atoms with E-state index in [1.165, 1.54) is 5.57 Å². The first-order valence-corrected chi connectivity index (χ1v) is 9.41. The number of allylic oxidation sites excluding steroid dienone is 1. The topological polar surface area (TPSA) is 77.8 Å². The number of carboxylic acid groups (broad SMARTS) is 1. The van der Waals surface area contributed by atoms with E-state index in [2.05, 4.69) is 13.0 Å². The van der Waals surface area contributed by atoms with Crippen LogP contribution in [0, 0.1) is 28.1 Å². The zero-order chi connectivity index (χ0) is 17.8. The molecule has 3 N–H and O–H groups in total. The molecular weight excluding hydrogens is 304 g/mol. The van der Waals surface area contributed by atoms with E-state index in [0.717, 1.165) is 44.9 Å². The predicted molar refractivity (Wildman–Crippen MR) is 92.4 cm³/mol. The third-order valence-corrected chi connectivity index (χ3v) is 7.85. The first kappa shape index (κ1) is 17.9. The monoisotopic (exact) mass is 336 g/mol. The van der Waals surface area contributed by atoms with Crippen molar-refractivity contribution < 1.29 is 20.1 Å². The Kier molecular flexibility index (Phi) is 4.37. The van der Waals surface area contributed by atoms with Crippen LogP contribution in [0.5, 0.6) is 0 Å². The van der Waals surface area contributed by atoms with Crippen molar-refractivity contribution in [2.75, 3.05) is 6.61 Å². The molecule has 0 aromatic rings. The largest absolute Gasteiger partial charge is 0.481 e. The summed E-state index contributed by atoms with van der Waals surface area (Å²) in [6.45, 7) is 6.09. The summed E-state index contributed by atoms with van der Waals surface area (Å²) in [5.41, 5.74) is 0.476. The van der Waals surface area contributed by atoms with Gasteiger partial charge in [-0.3, -0.25) is 4.79 Å². The maximum Gasteiger partial charge on any atom is 0.309 e. The summed E-state index contributed by atoms with van der Waals surface area (Å²) < 4.78 is 0. The van der Waals surface area contributed by atoms with E-state index in [4.69, 9.17) is 0 Å². The molecule has 2 saturated carbocycles. The van der Waals surface area contributed by atoms with Gasteiger partial charge in [-0.2, -0.15) is 0 Å². The van der Waals surface area contributed by atoms with Gasteiger partial charge in [0.1, 0.15) is 0 Å². The second-order valence-electron chi connectivity index (χ2n) is 9.19. The Hall–Kier alpha value is -0.870. The van der Waals surface area contributed by atoms with Gasteiger partial charge in [0.15, 0.2) is 0 Å². The van der Waals surface area contributed by atoms with E-state index in [0.29, 0.717) is 5.92 Å². The number of hydrogen-bond acceptors (Lipinski definition) is 3. The Morgan fingerprint density at radius 3 is 2.58 bits per heavy atom. The minimum Gasteiger partial charge on any atom is -0.481 e. The Balaban J connectivity index is 1.95. The fraction of sp³-hybridized carbons (Fsp3) is 0.850. The lowest BCUT2D eigenvalue weighted by molar-refractivity contribution is -0.164. The van der Waals surface area contributed by atoms with Gasteiger partial charge in [0.25, 0.3) is 0 Å². The zero-order valence-electron chi connectivity index (χ0n) is 15.2. The maximum absolute atomic E-state index is 12.0. The van der Waals surface area contributed by atoms with Gasteiger partial charge in [0.2, 0.25) is 0 Å². The van der Waals surface area contributed by atoms with Crippen molar-refractivity contribution in [2.45, 2.75) is 71.8 Å². The summed E-state index contributed by atoms with van der Waals surface area (Å²) in [6.07, 6.45) is 8.07. The summed E-state index contributed by atoms with van der Waals surface area (Å²) in [7, 11) is 0. The van der Waals surface area contributed by atoms with E-state index in [1.54, 1.807) is 0 Å². The summed E-state index contributed by atoms with van der Waals surface area (Å²) in [4.78, 5) is 12.0. The highest BCUT2D eigenvalue weighted by molar-refractivity contribution is 5.75. The van der Waals surface area contributed by atoms with Gasteiger partial charge in [-0.1, -0.05) is 31.9 Å². The molecule has 0 aromatic carbocycles. The van der Waals surface area contributed by atoms with Crippen LogP contribution in [0.3, 0.4) is 0 Å². The van der Waals surface area contributed by atoms with E-state index in [9.17, 15) is 20.1 Å². The van der Waals surface area contributed by atoms with Crippen molar-refractivity contribution in [3.8, 4) is 0 Å². The third kappa shape index (κ3) is 2.45. The highest BCUT2D eigenvalue weighted by Crippen LogP contribution is 2.64. The molecule has 0 spiro atoms. The van der Waals surface area contributed by atoms with E-state index in [1.807, 2.05) is 13.8 Å². The highest BCUT2D eigenvalue weighted by atomic mass is 16.4. The first-order chi connectivity index (χ1) is 11.2. The summed E-state index contributed by atoms with van der Waals surface area (Å²) >= 11 is 0. The highest BCUT2D eigenvalue weighted by Gasteiger charge is 2.58. The lowest BCUT2D eigenvalue weighted by Gasteiger charge is -2.59. The molecule has 0 bridgehead atoms. The average molecular weight is 336 g/mol. The van der Waals surface area contributed by atoms with Crippen LogP contribution in [0.2, 0.25) is 0 Å². The first-order valence-electron chi connectivity index (χ1n) is 9.41. The molecule has 3 rings (SSSR count). The summed E-state index contributed by atoms with van der Waals surface area (Å²) in [5, 5.41) is 29.4. The number of carbonyl (C=O) groups is 1. The molecule has 0 aromatic heterocycles. The van der Waals surface area contributed by atoms with Gasteiger partial charge < -0.3 is 15.3 Å². The number of hydrogen-bond donors (Lipinski definition) is 3. The van der Waals surface area contributed by atoms with Crippen molar-refractivity contribution in [1.29, 1.82) is 0 Å². The SMILES string of the molecule is CC1(C(O)CO)C=C2CCC3C(C)(C(=O)O)CCCC3(C)C2CC1. The second-order valence-corrected chi connectivity index (χ2v) is 9.19. The molecule has 136 valence electrons. The Labute approximate surface area is 145 Å². The summed E-state index contributed by atoms with van der Waals surface area (Å²) in [5.74, 6) is 0.0157. The Bertz CT molecular complexity index is 556. The predicted octanol–water partition coefficient (Wildman–Crippen LogP) is 3.37. The molecule has 24 heavy (non-hydrogen) atoms. The molecule has 0 heterocycles. The van der Waals surface area contributed by atoms with Crippen LogP contribution in [-0.2, 0) is 4.79 Å². The lowest BCUT2D eigenvalue weighted by atomic mass is 9.45. The number of fused-ring (bicyclic) bond motifs is 3. The van der Waals surface area contributed by atoms with Crippen LogP contribution in [0.15, 0.2) is 11.6 Å². The van der Waals surface area contributed by atoms with Gasteiger partial charge in [-0.25, -0.2) is 0 Å². The van der Waals surface area contributed by atoms with Gasteiger partial charge in [0, 0.05) is 5.41 Å².